The molecule has 24 heavy (non-hydrogen) atoms. The number of imidazole rings is 1. The van der Waals surface area contributed by atoms with Crippen molar-refractivity contribution in [3.63, 3.8) is 0 Å². The number of aromatic amines is 1. The van der Waals surface area contributed by atoms with Gasteiger partial charge < -0.3 is 9.30 Å². The molecule has 0 atom stereocenters. The van der Waals surface area contributed by atoms with E-state index in [2.05, 4.69) is 9.97 Å². The number of rotatable bonds is 7. The highest BCUT2D eigenvalue weighted by atomic mass is 16.5. The molecule has 0 unspecified atom stereocenters. The SMILES string of the molecule is CCCCn1c(=O)[nH]c(=O)c2c1nc(COC(=O)C1CC1)n2CC. The zero-order valence-corrected chi connectivity index (χ0v) is 14.0. The zero-order chi connectivity index (χ0) is 17.3. The first kappa shape index (κ1) is 16.5. The topological polar surface area (TPSA) is 99.0 Å². The molecule has 2 aromatic heterocycles. The number of esters is 1. The van der Waals surface area contributed by atoms with E-state index in [1.807, 2.05) is 13.8 Å². The fraction of sp³-hybridized carbons (Fsp3) is 0.625. The largest absolute Gasteiger partial charge is 0.457 e. The van der Waals surface area contributed by atoms with Gasteiger partial charge >= 0.3 is 11.7 Å². The first-order valence-electron chi connectivity index (χ1n) is 8.45. The van der Waals surface area contributed by atoms with Gasteiger partial charge in [0.2, 0.25) is 0 Å². The number of carbonyl (C=O) groups excluding carboxylic acids is 1. The van der Waals surface area contributed by atoms with Gasteiger partial charge in [-0.2, -0.15) is 0 Å². The number of ether oxygens (including phenoxy) is 1. The van der Waals surface area contributed by atoms with Crippen molar-refractivity contribution in [1.82, 2.24) is 19.1 Å². The molecule has 3 rings (SSSR count). The Morgan fingerprint density at radius 2 is 2.04 bits per heavy atom. The highest BCUT2D eigenvalue weighted by Crippen LogP contribution is 2.30. The van der Waals surface area contributed by atoms with Gasteiger partial charge in [-0.1, -0.05) is 13.3 Å². The van der Waals surface area contributed by atoms with E-state index in [4.69, 9.17) is 4.74 Å². The van der Waals surface area contributed by atoms with Crippen LogP contribution < -0.4 is 11.2 Å². The maximum atomic E-state index is 12.2. The van der Waals surface area contributed by atoms with E-state index in [0.29, 0.717) is 30.1 Å². The zero-order valence-electron chi connectivity index (χ0n) is 14.0. The number of aryl methyl sites for hydroxylation is 2. The van der Waals surface area contributed by atoms with Gasteiger partial charge in [-0.05, 0) is 26.2 Å². The Bertz CT molecular complexity index is 873. The quantitative estimate of drug-likeness (QED) is 0.766. The summed E-state index contributed by atoms with van der Waals surface area (Å²) in [5, 5.41) is 0. The maximum Gasteiger partial charge on any atom is 0.330 e. The number of nitrogens with zero attached hydrogens (tertiary/aromatic N) is 3. The Morgan fingerprint density at radius 3 is 2.67 bits per heavy atom. The molecule has 1 N–H and O–H groups in total. The molecule has 2 aromatic rings. The van der Waals surface area contributed by atoms with Gasteiger partial charge in [0.1, 0.15) is 12.4 Å². The van der Waals surface area contributed by atoms with Crippen LogP contribution in [-0.2, 0) is 29.2 Å². The molecule has 130 valence electrons. The molecule has 0 saturated heterocycles. The summed E-state index contributed by atoms with van der Waals surface area (Å²) >= 11 is 0. The molecular formula is C16H22N4O4. The van der Waals surface area contributed by atoms with Crippen LogP contribution in [0.5, 0.6) is 0 Å². The Balaban J connectivity index is 2.02. The van der Waals surface area contributed by atoms with Gasteiger partial charge in [-0.15, -0.1) is 0 Å². The van der Waals surface area contributed by atoms with Crippen LogP contribution in [0.1, 0.15) is 45.4 Å². The van der Waals surface area contributed by atoms with Crippen LogP contribution >= 0.6 is 0 Å². The van der Waals surface area contributed by atoms with Crippen molar-refractivity contribution in [3.8, 4) is 0 Å². The van der Waals surface area contributed by atoms with E-state index in [1.165, 1.54) is 4.57 Å². The fourth-order valence-corrected chi connectivity index (χ4v) is 2.76. The first-order chi connectivity index (χ1) is 11.6. The van der Waals surface area contributed by atoms with Crippen molar-refractivity contribution in [2.45, 2.75) is 59.2 Å². The molecule has 0 spiro atoms. The van der Waals surface area contributed by atoms with E-state index in [-0.39, 0.29) is 18.5 Å². The lowest BCUT2D eigenvalue weighted by Crippen LogP contribution is -2.31. The van der Waals surface area contributed by atoms with Crippen molar-refractivity contribution >= 4 is 17.1 Å². The second-order valence-corrected chi connectivity index (χ2v) is 6.09. The number of carbonyl (C=O) groups is 1. The molecule has 8 nitrogen and oxygen atoms in total. The molecule has 1 fully saturated rings. The summed E-state index contributed by atoms with van der Waals surface area (Å²) in [4.78, 5) is 42.9. The number of nitrogens with one attached hydrogen (secondary N) is 1. The van der Waals surface area contributed by atoms with Gasteiger partial charge in [0, 0.05) is 13.1 Å². The normalized spacial score (nSPS) is 14.2. The Hall–Kier alpha value is -2.38. The number of hydrogen-bond donors (Lipinski definition) is 1. The Kier molecular flexibility index (Phi) is 4.55. The molecule has 0 aromatic carbocycles. The van der Waals surface area contributed by atoms with Gasteiger partial charge in [0.15, 0.2) is 11.2 Å². The average Bonchev–Trinajstić information content (AvgIpc) is 3.33. The Labute approximate surface area is 138 Å². The summed E-state index contributed by atoms with van der Waals surface area (Å²) < 4.78 is 8.48. The molecule has 8 heteroatoms. The second-order valence-electron chi connectivity index (χ2n) is 6.09. The summed E-state index contributed by atoms with van der Waals surface area (Å²) in [6.45, 7) is 4.92. The minimum absolute atomic E-state index is 0.00981. The molecule has 0 aliphatic heterocycles. The lowest BCUT2D eigenvalue weighted by molar-refractivity contribution is -0.146. The highest BCUT2D eigenvalue weighted by molar-refractivity contribution is 5.75. The van der Waals surface area contributed by atoms with Crippen LogP contribution in [0, 0.1) is 5.92 Å². The summed E-state index contributed by atoms with van der Waals surface area (Å²) in [7, 11) is 0. The van der Waals surface area contributed by atoms with Gasteiger partial charge in [0.05, 0.1) is 5.92 Å². The smallest absolute Gasteiger partial charge is 0.330 e. The van der Waals surface area contributed by atoms with E-state index in [1.54, 1.807) is 4.57 Å². The van der Waals surface area contributed by atoms with E-state index < -0.39 is 11.2 Å². The molecule has 1 aliphatic carbocycles. The summed E-state index contributed by atoms with van der Waals surface area (Å²) in [5.74, 6) is 0.278. The predicted molar refractivity (Wildman–Crippen MR) is 87.7 cm³/mol. The minimum Gasteiger partial charge on any atom is -0.457 e. The molecular weight excluding hydrogens is 312 g/mol. The monoisotopic (exact) mass is 334 g/mol. The van der Waals surface area contributed by atoms with E-state index in [0.717, 1.165) is 25.7 Å². The van der Waals surface area contributed by atoms with Crippen LogP contribution in [0.2, 0.25) is 0 Å². The van der Waals surface area contributed by atoms with Crippen molar-refractivity contribution in [2.24, 2.45) is 5.92 Å². The van der Waals surface area contributed by atoms with Crippen molar-refractivity contribution in [1.29, 1.82) is 0 Å². The van der Waals surface area contributed by atoms with Crippen molar-refractivity contribution < 1.29 is 9.53 Å². The van der Waals surface area contributed by atoms with Crippen LogP contribution in [0.25, 0.3) is 11.2 Å². The summed E-state index contributed by atoms with van der Waals surface area (Å²) in [5.41, 5.74) is -0.206. The third-order valence-corrected chi connectivity index (χ3v) is 4.27. The molecule has 1 aliphatic rings. The van der Waals surface area contributed by atoms with Crippen LogP contribution in [0.15, 0.2) is 9.59 Å². The average molecular weight is 334 g/mol. The molecule has 0 bridgehead atoms. The highest BCUT2D eigenvalue weighted by Gasteiger charge is 2.31. The molecule has 1 saturated carbocycles. The standard InChI is InChI=1S/C16H22N4O4/c1-3-5-8-20-13-12(14(21)18-16(20)23)19(4-2)11(17-13)9-24-15(22)10-6-7-10/h10H,3-9H2,1-2H3,(H,18,21,23). The Morgan fingerprint density at radius 1 is 1.29 bits per heavy atom. The number of unbranched alkanes of at least 4 members (excludes halogenated alkanes) is 1. The lowest BCUT2D eigenvalue weighted by atomic mass is 10.3. The maximum absolute atomic E-state index is 12.2. The predicted octanol–water partition coefficient (Wildman–Crippen LogP) is 1.16. The molecule has 0 radical (unpaired) electrons. The first-order valence-corrected chi connectivity index (χ1v) is 8.45. The van der Waals surface area contributed by atoms with Crippen molar-refractivity contribution in [2.75, 3.05) is 0 Å². The van der Waals surface area contributed by atoms with Gasteiger partial charge in [-0.3, -0.25) is 19.1 Å². The second kappa shape index (κ2) is 6.62. The minimum atomic E-state index is -0.461. The third-order valence-electron chi connectivity index (χ3n) is 4.27. The summed E-state index contributed by atoms with van der Waals surface area (Å²) in [6, 6.07) is 0. The molecule has 0 amide bonds. The van der Waals surface area contributed by atoms with Crippen LogP contribution in [-0.4, -0.2) is 25.1 Å². The number of aromatic nitrogens is 4. The lowest BCUT2D eigenvalue weighted by Gasteiger charge is -2.07. The van der Waals surface area contributed by atoms with E-state index >= 15 is 0 Å². The van der Waals surface area contributed by atoms with E-state index in [9.17, 15) is 14.4 Å². The number of hydrogen-bond acceptors (Lipinski definition) is 5. The summed E-state index contributed by atoms with van der Waals surface area (Å²) in [6.07, 6.45) is 3.48. The van der Waals surface area contributed by atoms with Gasteiger partial charge in [-0.25, -0.2) is 9.78 Å². The number of H-pyrrole nitrogens is 1. The fourth-order valence-electron chi connectivity index (χ4n) is 2.76. The molecule has 2 heterocycles. The van der Waals surface area contributed by atoms with Crippen LogP contribution in [0.4, 0.5) is 0 Å². The number of fused-ring (bicyclic) bond motifs is 1. The van der Waals surface area contributed by atoms with Crippen LogP contribution in [0.3, 0.4) is 0 Å². The third kappa shape index (κ3) is 3.00. The van der Waals surface area contributed by atoms with Crippen molar-refractivity contribution in [3.05, 3.63) is 26.7 Å². The van der Waals surface area contributed by atoms with Gasteiger partial charge in [0.25, 0.3) is 5.56 Å².